The highest BCUT2D eigenvalue weighted by Crippen LogP contribution is 2.12. The predicted octanol–water partition coefficient (Wildman–Crippen LogP) is 2.59. The van der Waals surface area contributed by atoms with Crippen LogP contribution in [0.5, 0.6) is 0 Å². The molecule has 0 saturated carbocycles. The highest BCUT2D eigenvalue weighted by Gasteiger charge is 2.04. The standard InChI is InChI=1S/C16H11F2N5O/c17-12-3-4-14(18)11(8-12)2-5-15(24)22-13-9-19-16(20-10-13)23-7-1-6-21-23/h1-10H,(H,22,24)/b5-2+. The minimum absolute atomic E-state index is 0.0181. The molecule has 6 nitrogen and oxygen atoms in total. The lowest BCUT2D eigenvalue weighted by Gasteiger charge is -2.03. The summed E-state index contributed by atoms with van der Waals surface area (Å²) in [6, 6.07) is 4.73. The number of halogens is 2. The normalized spacial score (nSPS) is 10.9. The van der Waals surface area contributed by atoms with E-state index in [9.17, 15) is 13.6 Å². The summed E-state index contributed by atoms with van der Waals surface area (Å²) in [4.78, 5) is 19.9. The third-order valence-electron chi connectivity index (χ3n) is 2.99. The SMILES string of the molecule is O=C(/C=C/c1cc(F)ccc1F)Nc1cnc(-n2cccn2)nc1. The number of rotatable bonds is 4. The molecule has 0 aliphatic rings. The molecule has 0 bridgehead atoms. The first-order valence-corrected chi connectivity index (χ1v) is 6.88. The van der Waals surface area contributed by atoms with Crippen molar-refractivity contribution < 1.29 is 13.6 Å². The summed E-state index contributed by atoms with van der Waals surface area (Å²) in [5, 5.41) is 6.50. The van der Waals surface area contributed by atoms with Crippen LogP contribution in [0.2, 0.25) is 0 Å². The van der Waals surface area contributed by atoms with Gasteiger partial charge in [0.15, 0.2) is 0 Å². The van der Waals surface area contributed by atoms with Gasteiger partial charge in [-0.05, 0) is 30.3 Å². The number of amides is 1. The molecule has 1 N–H and O–H groups in total. The number of hydrogen-bond acceptors (Lipinski definition) is 4. The molecular formula is C16H11F2N5O. The number of carbonyl (C=O) groups is 1. The lowest BCUT2D eigenvalue weighted by Crippen LogP contribution is -2.09. The van der Waals surface area contributed by atoms with E-state index in [1.165, 1.54) is 23.2 Å². The van der Waals surface area contributed by atoms with Crippen LogP contribution in [0.1, 0.15) is 5.56 Å². The van der Waals surface area contributed by atoms with Crippen molar-refractivity contribution >= 4 is 17.7 Å². The zero-order valence-electron chi connectivity index (χ0n) is 12.2. The predicted molar refractivity (Wildman–Crippen MR) is 83.2 cm³/mol. The second-order valence-corrected chi connectivity index (χ2v) is 4.71. The van der Waals surface area contributed by atoms with Gasteiger partial charge in [-0.25, -0.2) is 23.4 Å². The van der Waals surface area contributed by atoms with Gasteiger partial charge in [0.1, 0.15) is 11.6 Å². The molecule has 0 unspecified atom stereocenters. The molecule has 2 heterocycles. The summed E-state index contributed by atoms with van der Waals surface area (Å²) in [5.41, 5.74) is 0.343. The second kappa shape index (κ2) is 6.78. The molecular weight excluding hydrogens is 316 g/mol. The van der Waals surface area contributed by atoms with E-state index in [2.05, 4.69) is 20.4 Å². The Morgan fingerprint density at radius 1 is 1.21 bits per heavy atom. The summed E-state index contributed by atoms with van der Waals surface area (Å²) < 4.78 is 28.0. The van der Waals surface area contributed by atoms with Crippen LogP contribution >= 0.6 is 0 Å². The minimum Gasteiger partial charge on any atom is -0.320 e. The molecule has 0 atom stereocenters. The van der Waals surface area contributed by atoms with E-state index in [1.54, 1.807) is 18.5 Å². The molecule has 1 aromatic carbocycles. The van der Waals surface area contributed by atoms with Gasteiger partial charge in [-0.2, -0.15) is 5.10 Å². The van der Waals surface area contributed by atoms with Gasteiger partial charge in [0.25, 0.3) is 5.95 Å². The molecule has 0 radical (unpaired) electrons. The third-order valence-corrected chi connectivity index (χ3v) is 2.99. The van der Waals surface area contributed by atoms with Crippen LogP contribution in [-0.4, -0.2) is 25.7 Å². The van der Waals surface area contributed by atoms with Crippen molar-refractivity contribution in [2.75, 3.05) is 5.32 Å². The van der Waals surface area contributed by atoms with Crippen LogP contribution in [0.15, 0.2) is 55.1 Å². The van der Waals surface area contributed by atoms with Gasteiger partial charge in [-0.3, -0.25) is 4.79 Å². The van der Waals surface area contributed by atoms with E-state index < -0.39 is 17.5 Å². The largest absolute Gasteiger partial charge is 0.320 e. The molecule has 0 spiro atoms. The van der Waals surface area contributed by atoms with E-state index >= 15 is 0 Å². The first-order chi connectivity index (χ1) is 11.6. The Balaban J connectivity index is 1.66. The van der Waals surface area contributed by atoms with Gasteiger partial charge in [0.05, 0.1) is 18.1 Å². The quantitative estimate of drug-likeness (QED) is 0.748. The number of benzene rings is 1. The van der Waals surface area contributed by atoms with E-state index in [-0.39, 0.29) is 5.56 Å². The molecule has 0 aliphatic carbocycles. The number of aromatic nitrogens is 4. The van der Waals surface area contributed by atoms with E-state index in [1.807, 2.05) is 0 Å². The smallest absolute Gasteiger partial charge is 0.250 e. The van der Waals surface area contributed by atoms with Crippen LogP contribution < -0.4 is 5.32 Å². The fourth-order valence-electron chi connectivity index (χ4n) is 1.88. The van der Waals surface area contributed by atoms with Gasteiger partial charge in [0, 0.05) is 24.0 Å². The average Bonchev–Trinajstić information content (AvgIpc) is 3.11. The average molecular weight is 327 g/mol. The first kappa shape index (κ1) is 15.5. The van der Waals surface area contributed by atoms with Crippen LogP contribution in [0.25, 0.3) is 12.0 Å². The number of hydrogen-bond donors (Lipinski definition) is 1. The number of nitrogens with zero attached hydrogens (tertiary/aromatic N) is 4. The lowest BCUT2D eigenvalue weighted by molar-refractivity contribution is -0.111. The Morgan fingerprint density at radius 3 is 2.71 bits per heavy atom. The van der Waals surface area contributed by atoms with E-state index in [0.29, 0.717) is 11.6 Å². The van der Waals surface area contributed by atoms with Gasteiger partial charge in [0.2, 0.25) is 5.91 Å². The van der Waals surface area contributed by atoms with Crippen molar-refractivity contribution in [3.8, 4) is 5.95 Å². The maximum Gasteiger partial charge on any atom is 0.250 e. The molecule has 3 rings (SSSR count). The van der Waals surface area contributed by atoms with Gasteiger partial charge >= 0.3 is 0 Å². The van der Waals surface area contributed by atoms with Gasteiger partial charge < -0.3 is 5.32 Å². The maximum atomic E-state index is 13.4. The zero-order chi connectivity index (χ0) is 16.9. The Kier molecular flexibility index (Phi) is 4.37. The van der Waals surface area contributed by atoms with Crippen LogP contribution in [0, 0.1) is 11.6 Å². The molecule has 3 aromatic rings. The third kappa shape index (κ3) is 3.67. The molecule has 0 fully saturated rings. The summed E-state index contributed by atoms with van der Waals surface area (Å²) in [6.45, 7) is 0. The fourth-order valence-corrected chi connectivity index (χ4v) is 1.88. The highest BCUT2D eigenvalue weighted by molar-refractivity contribution is 6.01. The minimum atomic E-state index is -0.618. The van der Waals surface area contributed by atoms with Crippen molar-refractivity contribution in [1.82, 2.24) is 19.7 Å². The molecule has 8 heteroatoms. The van der Waals surface area contributed by atoms with Gasteiger partial charge in [-0.1, -0.05) is 0 Å². The topological polar surface area (TPSA) is 72.7 Å². The van der Waals surface area contributed by atoms with Crippen LogP contribution in [0.3, 0.4) is 0 Å². The summed E-state index contributed by atoms with van der Waals surface area (Å²) in [7, 11) is 0. The monoisotopic (exact) mass is 327 g/mol. The lowest BCUT2D eigenvalue weighted by atomic mass is 10.2. The molecule has 120 valence electrons. The molecule has 2 aromatic heterocycles. The Bertz CT molecular complexity index is 876. The second-order valence-electron chi connectivity index (χ2n) is 4.71. The number of anilines is 1. The Hall–Kier alpha value is -3.42. The maximum absolute atomic E-state index is 13.4. The summed E-state index contributed by atoms with van der Waals surface area (Å²) >= 11 is 0. The van der Waals surface area contributed by atoms with E-state index in [4.69, 9.17) is 0 Å². The first-order valence-electron chi connectivity index (χ1n) is 6.88. The number of carbonyl (C=O) groups excluding carboxylic acids is 1. The van der Waals surface area contributed by atoms with Crippen LogP contribution in [0.4, 0.5) is 14.5 Å². The summed E-state index contributed by atoms with van der Waals surface area (Å²) in [6.07, 6.45) is 8.39. The molecule has 1 amide bonds. The Labute approximate surface area is 135 Å². The molecule has 0 saturated heterocycles. The number of nitrogens with one attached hydrogen (secondary N) is 1. The van der Waals surface area contributed by atoms with Gasteiger partial charge in [-0.15, -0.1) is 0 Å². The highest BCUT2D eigenvalue weighted by atomic mass is 19.1. The molecule has 24 heavy (non-hydrogen) atoms. The van der Waals surface area contributed by atoms with Crippen LogP contribution in [-0.2, 0) is 4.79 Å². The zero-order valence-corrected chi connectivity index (χ0v) is 12.2. The van der Waals surface area contributed by atoms with Crippen molar-refractivity contribution in [3.63, 3.8) is 0 Å². The van der Waals surface area contributed by atoms with Crippen molar-refractivity contribution in [2.24, 2.45) is 0 Å². The molecule has 0 aliphatic heterocycles. The van der Waals surface area contributed by atoms with E-state index in [0.717, 1.165) is 24.3 Å². The van der Waals surface area contributed by atoms with Crippen molar-refractivity contribution in [2.45, 2.75) is 0 Å². The fraction of sp³-hybridized carbons (Fsp3) is 0. The van der Waals surface area contributed by atoms with Crippen molar-refractivity contribution in [3.05, 3.63) is 72.3 Å². The Morgan fingerprint density at radius 2 is 2.00 bits per heavy atom. The van der Waals surface area contributed by atoms with Crippen molar-refractivity contribution in [1.29, 1.82) is 0 Å². The summed E-state index contributed by atoms with van der Waals surface area (Å²) in [5.74, 6) is -1.36.